The molecule has 0 aliphatic carbocycles. The molecule has 2 heterocycles. The molecule has 0 aliphatic rings. The Kier molecular flexibility index (Phi) is 4.01. The minimum atomic E-state index is -0.450. The third-order valence-electron chi connectivity index (χ3n) is 3.78. The maximum atomic E-state index is 12.4. The van der Waals surface area contributed by atoms with Crippen molar-refractivity contribution in [1.29, 1.82) is 0 Å². The Labute approximate surface area is 144 Å². The second kappa shape index (κ2) is 5.87. The van der Waals surface area contributed by atoms with Gasteiger partial charge >= 0.3 is 0 Å². The molecule has 5 nitrogen and oxygen atoms in total. The summed E-state index contributed by atoms with van der Waals surface area (Å²) in [5, 5.41) is 2.76. The number of carbonyl (C=O) groups excluding carboxylic acids is 1. The highest BCUT2D eigenvalue weighted by atomic mass is 32.1. The van der Waals surface area contributed by atoms with E-state index in [1.165, 1.54) is 27.5 Å². The Morgan fingerprint density at radius 2 is 1.88 bits per heavy atom. The molecule has 124 valence electrons. The van der Waals surface area contributed by atoms with Gasteiger partial charge in [0.25, 0.3) is 11.5 Å². The molecule has 0 atom stereocenters. The molecule has 0 saturated carbocycles. The first-order chi connectivity index (χ1) is 11.3. The quantitative estimate of drug-likeness (QED) is 0.774. The van der Waals surface area contributed by atoms with Crippen LogP contribution in [-0.4, -0.2) is 15.3 Å². The van der Waals surface area contributed by atoms with Crippen molar-refractivity contribution in [2.45, 2.75) is 33.1 Å². The summed E-state index contributed by atoms with van der Waals surface area (Å²) in [4.78, 5) is 30.6. The summed E-state index contributed by atoms with van der Waals surface area (Å²) in [5.41, 5.74) is 1.56. The highest BCUT2D eigenvalue weighted by Crippen LogP contribution is 2.23. The molecule has 0 bridgehead atoms. The molecule has 1 amide bonds. The van der Waals surface area contributed by atoms with Crippen LogP contribution in [0.1, 0.15) is 41.6 Å². The first-order valence-corrected chi connectivity index (χ1v) is 8.47. The van der Waals surface area contributed by atoms with Crippen LogP contribution in [0.25, 0.3) is 4.96 Å². The topological polar surface area (TPSA) is 63.5 Å². The van der Waals surface area contributed by atoms with Crippen LogP contribution in [-0.2, 0) is 5.41 Å². The van der Waals surface area contributed by atoms with Crippen molar-refractivity contribution in [2.75, 3.05) is 5.32 Å². The summed E-state index contributed by atoms with van der Waals surface area (Å²) in [6.07, 6.45) is 3.04. The Balaban J connectivity index is 1.87. The van der Waals surface area contributed by atoms with Gasteiger partial charge in [-0.2, -0.15) is 0 Å². The maximum absolute atomic E-state index is 12.4. The number of thiazole rings is 1. The molecule has 0 spiro atoms. The average Bonchev–Trinajstić information content (AvgIpc) is 2.88. The van der Waals surface area contributed by atoms with Crippen molar-refractivity contribution in [1.82, 2.24) is 9.38 Å². The molecule has 0 fully saturated rings. The van der Waals surface area contributed by atoms with E-state index >= 15 is 0 Å². The van der Waals surface area contributed by atoms with Gasteiger partial charge in [0.05, 0.1) is 0 Å². The van der Waals surface area contributed by atoms with E-state index in [0.29, 0.717) is 10.6 Å². The van der Waals surface area contributed by atoms with Crippen LogP contribution in [0.2, 0.25) is 0 Å². The highest BCUT2D eigenvalue weighted by molar-refractivity contribution is 7.16. The summed E-state index contributed by atoms with van der Waals surface area (Å²) >= 11 is 1.41. The standard InChI is InChI=1S/C18H19N3O2S/c1-11-10-21-16(23)14(9-19-17(21)24-11)15(22)20-13-7-5-12(6-8-13)18(2,3)4/h5-10H,1-4H3,(H,20,22). The van der Waals surface area contributed by atoms with E-state index in [-0.39, 0.29) is 16.5 Å². The monoisotopic (exact) mass is 341 g/mol. The van der Waals surface area contributed by atoms with Gasteiger partial charge in [0, 0.05) is 23.0 Å². The van der Waals surface area contributed by atoms with Gasteiger partial charge in [-0.05, 0) is 30.0 Å². The molecule has 0 aliphatic heterocycles. The van der Waals surface area contributed by atoms with Gasteiger partial charge in [0.1, 0.15) is 5.56 Å². The van der Waals surface area contributed by atoms with Crippen LogP contribution >= 0.6 is 11.3 Å². The van der Waals surface area contributed by atoms with E-state index in [2.05, 4.69) is 31.1 Å². The van der Waals surface area contributed by atoms with E-state index in [4.69, 9.17) is 0 Å². The summed E-state index contributed by atoms with van der Waals surface area (Å²) < 4.78 is 1.41. The number of fused-ring (bicyclic) bond motifs is 1. The van der Waals surface area contributed by atoms with E-state index < -0.39 is 5.91 Å². The largest absolute Gasteiger partial charge is 0.322 e. The summed E-state index contributed by atoms with van der Waals surface area (Å²) in [6, 6.07) is 7.64. The molecule has 24 heavy (non-hydrogen) atoms. The Hall–Kier alpha value is -2.47. The van der Waals surface area contributed by atoms with Gasteiger partial charge in [-0.15, -0.1) is 11.3 Å². The first kappa shape index (κ1) is 16.4. The fourth-order valence-electron chi connectivity index (χ4n) is 2.40. The van der Waals surface area contributed by atoms with Crippen molar-refractivity contribution in [3.8, 4) is 0 Å². The van der Waals surface area contributed by atoms with Crippen LogP contribution in [0.5, 0.6) is 0 Å². The Bertz CT molecular complexity index is 963. The number of hydrogen-bond donors (Lipinski definition) is 1. The van der Waals surface area contributed by atoms with E-state index in [1.807, 2.05) is 31.2 Å². The molecule has 3 aromatic rings. The number of rotatable bonds is 2. The summed E-state index contributed by atoms with van der Waals surface area (Å²) in [6.45, 7) is 8.29. The summed E-state index contributed by atoms with van der Waals surface area (Å²) in [5.74, 6) is -0.450. The predicted octanol–water partition coefficient (Wildman–Crippen LogP) is 3.61. The summed E-state index contributed by atoms with van der Waals surface area (Å²) in [7, 11) is 0. The number of anilines is 1. The molecule has 0 unspecified atom stereocenters. The van der Waals surface area contributed by atoms with Gasteiger partial charge in [-0.1, -0.05) is 32.9 Å². The number of nitrogens with zero attached hydrogens (tertiary/aromatic N) is 2. The third-order valence-corrected chi connectivity index (χ3v) is 4.69. The fraction of sp³-hybridized carbons (Fsp3) is 0.278. The lowest BCUT2D eigenvalue weighted by Crippen LogP contribution is -2.25. The number of benzene rings is 1. The number of aromatic nitrogens is 2. The minimum Gasteiger partial charge on any atom is -0.322 e. The lowest BCUT2D eigenvalue weighted by atomic mass is 9.87. The number of hydrogen-bond acceptors (Lipinski definition) is 4. The smallest absolute Gasteiger partial charge is 0.271 e. The Morgan fingerprint density at radius 3 is 2.50 bits per heavy atom. The zero-order valence-electron chi connectivity index (χ0n) is 14.1. The predicted molar refractivity (Wildman–Crippen MR) is 97.2 cm³/mol. The minimum absolute atomic E-state index is 0.0326. The number of nitrogens with one attached hydrogen (secondary N) is 1. The molecule has 2 aromatic heterocycles. The average molecular weight is 341 g/mol. The maximum Gasteiger partial charge on any atom is 0.271 e. The van der Waals surface area contributed by atoms with Crippen LogP contribution in [0.15, 0.2) is 41.5 Å². The van der Waals surface area contributed by atoms with Gasteiger partial charge in [-0.25, -0.2) is 4.98 Å². The second-order valence-electron chi connectivity index (χ2n) is 6.75. The normalized spacial score (nSPS) is 11.7. The SMILES string of the molecule is Cc1cn2c(=O)c(C(=O)Nc3ccc(C(C)(C)C)cc3)cnc2s1. The molecule has 3 rings (SSSR count). The molecular formula is C18H19N3O2S. The van der Waals surface area contributed by atoms with E-state index in [1.54, 1.807) is 6.20 Å². The molecular weight excluding hydrogens is 322 g/mol. The van der Waals surface area contributed by atoms with Crippen molar-refractivity contribution >= 4 is 27.9 Å². The van der Waals surface area contributed by atoms with Crippen molar-refractivity contribution < 1.29 is 4.79 Å². The number of carbonyl (C=O) groups is 1. The lowest BCUT2D eigenvalue weighted by molar-refractivity contribution is 0.102. The second-order valence-corrected chi connectivity index (χ2v) is 7.97. The van der Waals surface area contributed by atoms with Gasteiger partial charge < -0.3 is 5.32 Å². The van der Waals surface area contributed by atoms with Crippen LogP contribution in [0, 0.1) is 6.92 Å². The number of aryl methyl sites for hydroxylation is 1. The first-order valence-electron chi connectivity index (χ1n) is 7.65. The molecule has 1 aromatic carbocycles. The molecule has 6 heteroatoms. The van der Waals surface area contributed by atoms with Crippen LogP contribution in [0.4, 0.5) is 5.69 Å². The van der Waals surface area contributed by atoms with E-state index in [0.717, 1.165) is 4.88 Å². The molecule has 0 radical (unpaired) electrons. The van der Waals surface area contributed by atoms with Crippen molar-refractivity contribution in [3.05, 3.63) is 63.0 Å². The van der Waals surface area contributed by atoms with Crippen molar-refractivity contribution in [2.24, 2.45) is 0 Å². The highest BCUT2D eigenvalue weighted by Gasteiger charge is 2.16. The zero-order valence-corrected chi connectivity index (χ0v) is 14.9. The van der Waals surface area contributed by atoms with Gasteiger partial charge in [-0.3, -0.25) is 14.0 Å². The van der Waals surface area contributed by atoms with Crippen LogP contribution < -0.4 is 10.9 Å². The zero-order chi connectivity index (χ0) is 17.5. The van der Waals surface area contributed by atoms with Crippen molar-refractivity contribution in [3.63, 3.8) is 0 Å². The molecule has 0 saturated heterocycles. The lowest BCUT2D eigenvalue weighted by Gasteiger charge is -2.19. The van der Waals surface area contributed by atoms with Gasteiger partial charge in [0.15, 0.2) is 4.96 Å². The number of amides is 1. The third kappa shape index (κ3) is 3.10. The van der Waals surface area contributed by atoms with E-state index in [9.17, 15) is 9.59 Å². The molecule has 1 N–H and O–H groups in total. The fourth-order valence-corrected chi connectivity index (χ4v) is 3.19. The van der Waals surface area contributed by atoms with Crippen LogP contribution in [0.3, 0.4) is 0 Å². The Morgan fingerprint density at radius 1 is 1.21 bits per heavy atom. The van der Waals surface area contributed by atoms with Gasteiger partial charge in [0.2, 0.25) is 0 Å².